The highest BCUT2D eigenvalue weighted by Crippen LogP contribution is 2.22. The lowest BCUT2D eigenvalue weighted by Gasteiger charge is -2.11. The SMILES string of the molecule is COC(=O)CCn1c(=O)[nH]/c(=N\c2ccc(Oc3cccc(C(N)=O)n3)cc2)n(Cc2ccc(C)cc2)c1=O. The number of hydrogen-bond donors (Lipinski definition) is 2. The van der Waals surface area contributed by atoms with Gasteiger partial charge in [-0.1, -0.05) is 35.9 Å². The number of ether oxygens (including phenoxy) is 2. The molecule has 4 aromatic rings. The van der Waals surface area contributed by atoms with Crippen LogP contribution in [0.3, 0.4) is 0 Å². The Kier molecular flexibility index (Phi) is 8.15. The van der Waals surface area contributed by atoms with E-state index in [1.54, 1.807) is 36.4 Å². The zero-order valence-electron chi connectivity index (χ0n) is 21.3. The van der Waals surface area contributed by atoms with E-state index < -0.39 is 23.3 Å². The fourth-order valence-electron chi connectivity index (χ4n) is 3.60. The summed E-state index contributed by atoms with van der Waals surface area (Å²) in [4.78, 5) is 60.2. The molecule has 0 atom stereocenters. The van der Waals surface area contributed by atoms with Crippen molar-refractivity contribution in [3.8, 4) is 11.6 Å². The van der Waals surface area contributed by atoms with E-state index in [0.717, 1.165) is 15.7 Å². The summed E-state index contributed by atoms with van der Waals surface area (Å²) >= 11 is 0. The average Bonchev–Trinajstić information content (AvgIpc) is 2.92. The molecule has 0 aliphatic heterocycles. The Bertz CT molecular complexity index is 1680. The molecule has 4 rings (SSSR count). The van der Waals surface area contributed by atoms with Crippen molar-refractivity contribution >= 4 is 17.6 Å². The van der Waals surface area contributed by atoms with Crippen LogP contribution in [0, 0.1) is 6.92 Å². The second-order valence-electron chi connectivity index (χ2n) is 8.52. The first kappa shape index (κ1) is 26.8. The van der Waals surface area contributed by atoms with Gasteiger partial charge in [-0.05, 0) is 42.8 Å². The summed E-state index contributed by atoms with van der Waals surface area (Å²) in [5, 5.41) is 0. The Morgan fingerprint density at radius 1 is 1.00 bits per heavy atom. The van der Waals surface area contributed by atoms with Crippen LogP contribution >= 0.6 is 0 Å². The van der Waals surface area contributed by atoms with Gasteiger partial charge in [-0.25, -0.2) is 24.1 Å². The van der Waals surface area contributed by atoms with Gasteiger partial charge >= 0.3 is 17.3 Å². The predicted molar refractivity (Wildman–Crippen MR) is 141 cm³/mol. The first-order valence-corrected chi connectivity index (χ1v) is 11.9. The molecule has 12 heteroatoms. The number of carbonyl (C=O) groups excluding carboxylic acids is 2. The number of H-pyrrole nitrogens is 1. The highest BCUT2D eigenvalue weighted by molar-refractivity contribution is 5.90. The summed E-state index contributed by atoms with van der Waals surface area (Å²) in [6.45, 7) is 1.94. The van der Waals surface area contributed by atoms with Gasteiger partial charge in [0.25, 0.3) is 5.91 Å². The second-order valence-corrected chi connectivity index (χ2v) is 8.52. The van der Waals surface area contributed by atoms with Crippen molar-refractivity contribution in [3.05, 3.63) is 110 Å². The first-order chi connectivity index (χ1) is 18.7. The summed E-state index contributed by atoms with van der Waals surface area (Å²) in [5.41, 5.74) is 6.35. The van der Waals surface area contributed by atoms with E-state index >= 15 is 0 Å². The quantitative estimate of drug-likeness (QED) is 0.311. The van der Waals surface area contributed by atoms with Crippen molar-refractivity contribution in [1.29, 1.82) is 0 Å². The molecule has 0 aliphatic carbocycles. The molecular weight excluding hydrogens is 504 g/mol. The number of aromatic nitrogens is 4. The van der Waals surface area contributed by atoms with Gasteiger partial charge in [0.15, 0.2) is 0 Å². The minimum Gasteiger partial charge on any atom is -0.469 e. The van der Waals surface area contributed by atoms with Crippen molar-refractivity contribution in [2.45, 2.75) is 26.4 Å². The topological polar surface area (TPSA) is 164 Å². The minimum absolute atomic E-state index is 0.0318. The summed E-state index contributed by atoms with van der Waals surface area (Å²) in [5.74, 6) is -0.608. The number of pyridine rings is 1. The fourth-order valence-corrected chi connectivity index (χ4v) is 3.60. The summed E-state index contributed by atoms with van der Waals surface area (Å²) in [6, 6.07) is 18.8. The highest BCUT2D eigenvalue weighted by Gasteiger charge is 2.12. The maximum atomic E-state index is 13.3. The predicted octanol–water partition coefficient (Wildman–Crippen LogP) is 1.78. The smallest absolute Gasteiger partial charge is 0.335 e. The molecule has 0 radical (unpaired) electrons. The number of carbonyl (C=O) groups is 2. The number of aryl methyl sites for hydroxylation is 1. The summed E-state index contributed by atoms with van der Waals surface area (Å²) in [7, 11) is 1.24. The Hall–Kier alpha value is -5.26. The van der Waals surface area contributed by atoms with Crippen LogP contribution in [0.1, 0.15) is 28.0 Å². The molecule has 1 amide bonds. The number of primary amides is 1. The monoisotopic (exact) mass is 530 g/mol. The van der Waals surface area contributed by atoms with E-state index in [1.807, 2.05) is 31.2 Å². The van der Waals surface area contributed by atoms with Crippen molar-refractivity contribution in [2.24, 2.45) is 10.7 Å². The molecule has 0 unspecified atom stereocenters. The minimum atomic E-state index is -0.705. The van der Waals surface area contributed by atoms with Crippen LogP contribution in [0.4, 0.5) is 5.69 Å². The van der Waals surface area contributed by atoms with Crippen molar-refractivity contribution in [2.75, 3.05) is 7.11 Å². The van der Waals surface area contributed by atoms with Crippen LogP contribution in [-0.2, 0) is 22.6 Å². The molecular formula is C27H26N6O6. The molecule has 0 saturated heterocycles. The lowest BCUT2D eigenvalue weighted by Crippen LogP contribution is -2.50. The number of rotatable bonds is 9. The summed E-state index contributed by atoms with van der Waals surface area (Å²) < 4.78 is 12.6. The highest BCUT2D eigenvalue weighted by atomic mass is 16.5. The molecule has 0 saturated carbocycles. The van der Waals surface area contributed by atoms with Gasteiger partial charge in [0.1, 0.15) is 11.4 Å². The third-order valence-corrected chi connectivity index (χ3v) is 5.68. The van der Waals surface area contributed by atoms with Crippen LogP contribution in [0.2, 0.25) is 0 Å². The largest absolute Gasteiger partial charge is 0.469 e. The van der Waals surface area contributed by atoms with Crippen molar-refractivity contribution in [3.63, 3.8) is 0 Å². The number of esters is 1. The molecule has 2 heterocycles. The number of benzene rings is 2. The molecule has 0 spiro atoms. The van der Waals surface area contributed by atoms with Gasteiger partial charge in [0.05, 0.1) is 25.8 Å². The maximum absolute atomic E-state index is 13.3. The number of nitrogens with two attached hydrogens (primary N) is 1. The van der Waals surface area contributed by atoms with Gasteiger partial charge in [-0.3, -0.25) is 19.1 Å². The molecule has 3 N–H and O–H groups in total. The fraction of sp³-hybridized carbons (Fsp3) is 0.185. The number of hydrogen-bond acceptors (Lipinski definition) is 8. The van der Waals surface area contributed by atoms with E-state index in [-0.39, 0.29) is 36.7 Å². The zero-order chi connectivity index (χ0) is 27.9. The van der Waals surface area contributed by atoms with E-state index in [0.29, 0.717) is 11.4 Å². The van der Waals surface area contributed by atoms with Crippen LogP contribution < -0.4 is 27.5 Å². The van der Waals surface area contributed by atoms with Gasteiger partial charge in [0.2, 0.25) is 11.5 Å². The Labute approximate surface area is 222 Å². The van der Waals surface area contributed by atoms with E-state index in [1.165, 1.54) is 17.7 Å². The number of aromatic amines is 1. The molecule has 0 aliphatic rings. The van der Waals surface area contributed by atoms with Crippen molar-refractivity contribution in [1.82, 2.24) is 19.1 Å². The number of nitrogens with zero attached hydrogens (tertiary/aromatic N) is 4. The molecule has 0 fully saturated rings. The second kappa shape index (κ2) is 11.9. The summed E-state index contributed by atoms with van der Waals surface area (Å²) in [6.07, 6.45) is -0.140. The number of nitrogens with one attached hydrogen (secondary N) is 1. The van der Waals surface area contributed by atoms with Crippen LogP contribution in [-0.4, -0.2) is 38.1 Å². The molecule has 12 nitrogen and oxygen atoms in total. The van der Waals surface area contributed by atoms with E-state index in [4.69, 9.17) is 10.5 Å². The number of methoxy groups -OCH3 is 1. The van der Waals surface area contributed by atoms with Crippen LogP contribution in [0.15, 0.2) is 81.3 Å². The first-order valence-electron chi connectivity index (χ1n) is 11.9. The maximum Gasteiger partial charge on any atom is 0.335 e. The zero-order valence-corrected chi connectivity index (χ0v) is 21.3. The van der Waals surface area contributed by atoms with Gasteiger partial charge in [-0.2, -0.15) is 0 Å². The Balaban J connectivity index is 1.69. The van der Waals surface area contributed by atoms with Crippen molar-refractivity contribution < 1.29 is 19.1 Å². The Morgan fingerprint density at radius 2 is 1.72 bits per heavy atom. The van der Waals surface area contributed by atoms with E-state index in [9.17, 15) is 19.2 Å². The average molecular weight is 531 g/mol. The normalized spacial score (nSPS) is 11.3. The van der Waals surface area contributed by atoms with Crippen LogP contribution in [0.25, 0.3) is 0 Å². The van der Waals surface area contributed by atoms with Gasteiger partial charge in [0, 0.05) is 12.6 Å². The third kappa shape index (κ3) is 6.74. The van der Waals surface area contributed by atoms with Gasteiger partial charge < -0.3 is 15.2 Å². The lowest BCUT2D eigenvalue weighted by atomic mass is 10.1. The lowest BCUT2D eigenvalue weighted by molar-refractivity contribution is -0.140. The van der Waals surface area contributed by atoms with E-state index in [2.05, 4.69) is 19.7 Å². The molecule has 39 heavy (non-hydrogen) atoms. The molecule has 200 valence electrons. The Morgan fingerprint density at radius 3 is 2.38 bits per heavy atom. The molecule has 2 aromatic carbocycles. The van der Waals surface area contributed by atoms with Crippen LogP contribution in [0.5, 0.6) is 11.6 Å². The van der Waals surface area contributed by atoms with Gasteiger partial charge in [-0.15, -0.1) is 0 Å². The molecule has 2 aromatic heterocycles. The standard InChI is InChI=1S/C27H26N6O6/c1-17-6-8-18(9-7-17)16-33-25(31-26(36)32(27(33)37)15-14-23(34)38-2)29-19-10-12-20(13-11-19)39-22-5-3-4-21(30-22)24(28)35/h3-13H,14-16H2,1-2H3,(H2,28,35)(H,29,31,36). The third-order valence-electron chi connectivity index (χ3n) is 5.68. The molecule has 0 bridgehead atoms. The number of amides is 1.